The van der Waals surface area contributed by atoms with E-state index in [0.717, 1.165) is 18.7 Å². The van der Waals surface area contributed by atoms with E-state index in [9.17, 15) is 0 Å². The normalized spacial score (nSPS) is 11.7. The van der Waals surface area contributed by atoms with Gasteiger partial charge in [0.1, 0.15) is 14.1 Å². The van der Waals surface area contributed by atoms with E-state index in [2.05, 4.69) is 121 Å². The molecule has 0 spiro atoms. The van der Waals surface area contributed by atoms with Crippen LogP contribution >= 0.6 is 0 Å². The quantitative estimate of drug-likeness (QED) is 0.371. The van der Waals surface area contributed by atoms with Crippen LogP contribution < -0.4 is 0 Å². The van der Waals surface area contributed by atoms with E-state index in [4.69, 9.17) is 0 Å². The molecule has 0 aliphatic carbocycles. The third kappa shape index (κ3) is 7.41. The van der Waals surface area contributed by atoms with Crippen LogP contribution in [0.15, 0.2) is 91.0 Å². The smallest absolute Gasteiger partial charge is 0.134 e. The van der Waals surface area contributed by atoms with Crippen LogP contribution in [0.25, 0.3) is 0 Å². The number of rotatable bonds is 5. The van der Waals surface area contributed by atoms with Crippen molar-refractivity contribution in [3.05, 3.63) is 108 Å². The first-order valence-electron chi connectivity index (χ1n) is 10.4. The molecule has 3 aromatic carbocycles. The average Bonchev–Trinajstić information content (AvgIpc) is 2.75. The summed E-state index contributed by atoms with van der Waals surface area (Å²) in [4.78, 5) is 2.38. The van der Waals surface area contributed by atoms with Gasteiger partial charge in [0.15, 0.2) is 0 Å². The zero-order valence-corrected chi connectivity index (χ0v) is 19.1. The van der Waals surface area contributed by atoms with Crippen LogP contribution in [0.2, 0.25) is 19.6 Å². The summed E-state index contributed by atoms with van der Waals surface area (Å²) >= 11 is 0. The molecule has 3 aromatic rings. The Morgan fingerprint density at radius 1 is 0.667 bits per heavy atom. The molecule has 0 aliphatic rings. The maximum absolute atomic E-state index is 3.55. The minimum absolute atomic E-state index is 0.127. The molecule has 0 unspecified atom stereocenters. The van der Waals surface area contributed by atoms with Crippen LogP contribution in [-0.4, -0.2) is 19.0 Å². The fourth-order valence-electron chi connectivity index (χ4n) is 3.05. The lowest BCUT2D eigenvalue weighted by molar-refractivity contribution is 0.253. The second-order valence-corrected chi connectivity index (χ2v) is 13.2. The van der Waals surface area contributed by atoms with Crippen molar-refractivity contribution in [3.8, 4) is 23.3 Å². The Morgan fingerprint density at radius 2 is 1.13 bits per heavy atom. The lowest BCUT2D eigenvalue weighted by atomic mass is 10.1. The van der Waals surface area contributed by atoms with E-state index >= 15 is 0 Å². The van der Waals surface area contributed by atoms with Gasteiger partial charge in [-0.3, -0.25) is 4.90 Å². The summed E-state index contributed by atoms with van der Waals surface area (Å²) < 4.78 is 0. The van der Waals surface area contributed by atoms with Crippen LogP contribution in [-0.2, 0) is 13.1 Å². The van der Waals surface area contributed by atoms with E-state index in [1.807, 2.05) is 18.2 Å². The highest BCUT2D eigenvalue weighted by Crippen LogP contribution is 2.14. The Labute approximate surface area is 182 Å². The van der Waals surface area contributed by atoms with E-state index in [1.165, 1.54) is 11.1 Å². The standard InChI is InChI=1S/C28H29NSi/c1-30(2,3)22-21-28(20-19-25-13-7-4-8-14-25)29(23-26-15-9-5-10-16-26)24-27-17-11-6-12-18-27/h4-18,28H,23-24H2,1-3H3/t28-/m1/s1. The molecule has 1 nitrogen and oxygen atoms in total. The van der Waals surface area contributed by atoms with Crippen molar-refractivity contribution in [2.45, 2.75) is 38.8 Å². The summed E-state index contributed by atoms with van der Waals surface area (Å²) in [7, 11) is -1.51. The fraction of sp³-hybridized carbons (Fsp3) is 0.214. The van der Waals surface area contributed by atoms with Crippen LogP contribution in [0.1, 0.15) is 16.7 Å². The van der Waals surface area contributed by atoms with Gasteiger partial charge in [-0.25, -0.2) is 0 Å². The maximum atomic E-state index is 3.55. The summed E-state index contributed by atoms with van der Waals surface area (Å²) in [6.45, 7) is 8.45. The zero-order valence-electron chi connectivity index (χ0n) is 18.1. The number of nitrogens with zero attached hydrogens (tertiary/aromatic N) is 1. The van der Waals surface area contributed by atoms with Crippen molar-refractivity contribution in [2.75, 3.05) is 0 Å². The molecule has 1 atom stereocenters. The summed E-state index contributed by atoms with van der Waals surface area (Å²) in [5.41, 5.74) is 7.13. The molecule has 0 saturated heterocycles. The van der Waals surface area contributed by atoms with Crippen molar-refractivity contribution in [1.82, 2.24) is 4.90 Å². The first-order chi connectivity index (χ1) is 14.5. The second-order valence-electron chi connectivity index (χ2n) is 8.43. The third-order valence-electron chi connectivity index (χ3n) is 4.53. The van der Waals surface area contributed by atoms with Crippen LogP contribution in [0.3, 0.4) is 0 Å². The molecule has 0 aliphatic heterocycles. The van der Waals surface area contributed by atoms with Gasteiger partial charge >= 0.3 is 0 Å². The van der Waals surface area contributed by atoms with Crippen LogP contribution in [0, 0.1) is 23.3 Å². The second kappa shape index (κ2) is 10.7. The largest absolute Gasteiger partial charge is 0.271 e. The SMILES string of the molecule is C[Si](C)(C)C#C[C@@H](C#Cc1ccccc1)N(Cc1ccccc1)Cc1ccccc1. The Balaban J connectivity index is 1.97. The lowest BCUT2D eigenvalue weighted by Gasteiger charge is -2.26. The molecule has 0 N–H and O–H groups in total. The molecule has 0 fully saturated rings. The van der Waals surface area contributed by atoms with Gasteiger partial charge in [0.2, 0.25) is 0 Å². The summed E-state index contributed by atoms with van der Waals surface area (Å²) in [6.07, 6.45) is 0. The predicted molar refractivity (Wildman–Crippen MR) is 130 cm³/mol. The molecule has 30 heavy (non-hydrogen) atoms. The van der Waals surface area contributed by atoms with Crippen molar-refractivity contribution in [1.29, 1.82) is 0 Å². The average molecular weight is 408 g/mol. The zero-order chi connectivity index (χ0) is 21.2. The Hall–Kier alpha value is -3.04. The number of hydrogen-bond acceptors (Lipinski definition) is 1. The van der Waals surface area contributed by atoms with Crippen molar-refractivity contribution < 1.29 is 0 Å². The van der Waals surface area contributed by atoms with Crippen LogP contribution in [0.4, 0.5) is 0 Å². The highest BCUT2D eigenvalue weighted by Gasteiger charge is 2.17. The summed E-state index contributed by atoms with van der Waals surface area (Å²) in [5, 5.41) is 0. The van der Waals surface area contributed by atoms with Gasteiger partial charge in [0, 0.05) is 18.7 Å². The first kappa shape index (κ1) is 21.7. The van der Waals surface area contributed by atoms with E-state index in [-0.39, 0.29) is 6.04 Å². The van der Waals surface area contributed by atoms with Gasteiger partial charge in [-0.1, -0.05) is 116 Å². The minimum atomic E-state index is -1.51. The molecule has 0 saturated carbocycles. The molecular formula is C28H29NSi. The van der Waals surface area contributed by atoms with Gasteiger partial charge < -0.3 is 0 Å². The molecule has 150 valence electrons. The van der Waals surface area contributed by atoms with Crippen molar-refractivity contribution >= 4 is 8.07 Å². The molecule has 0 aromatic heterocycles. The summed E-state index contributed by atoms with van der Waals surface area (Å²) in [5.74, 6) is 10.4. The molecule has 2 heteroatoms. The summed E-state index contributed by atoms with van der Waals surface area (Å²) in [6, 6.07) is 31.2. The molecule has 3 rings (SSSR count). The van der Waals surface area contributed by atoms with Crippen molar-refractivity contribution in [2.24, 2.45) is 0 Å². The van der Waals surface area contributed by atoms with Crippen LogP contribution in [0.5, 0.6) is 0 Å². The van der Waals surface area contributed by atoms with Gasteiger partial charge in [0.25, 0.3) is 0 Å². The van der Waals surface area contributed by atoms with Gasteiger partial charge in [-0.2, -0.15) is 0 Å². The molecule has 0 amide bonds. The third-order valence-corrected chi connectivity index (χ3v) is 5.43. The highest BCUT2D eigenvalue weighted by molar-refractivity contribution is 6.83. The molecule has 0 heterocycles. The Bertz CT molecular complexity index is 988. The fourth-order valence-corrected chi connectivity index (χ4v) is 3.62. The Kier molecular flexibility index (Phi) is 7.69. The molecule has 0 bridgehead atoms. The minimum Gasteiger partial charge on any atom is -0.271 e. The van der Waals surface area contributed by atoms with Crippen molar-refractivity contribution in [3.63, 3.8) is 0 Å². The van der Waals surface area contributed by atoms with Gasteiger partial charge in [-0.15, -0.1) is 5.54 Å². The van der Waals surface area contributed by atoms with E-state index in [1.54, 1.807) is 0 Å². The topological polar surface area (TPSA) is 3.24 Å². The van der Waals surface area contributed by atoms with E-state index in [0.29, 0.717) is 0 Å². The molecular weight excluding hydrogens is 378 g/mol. The monoisotopic (exact) mass is 407 g/mol. The van der Waals surface area contributed by atoms with Gasteiger partial charge in [0.05, 0.1) is 0 Å². The predicted octanol–water partition coefficient (Wildman–Crippen LogP) is 5.99. The molecule has 0 radical (unpaired) electrons. The van der Waals surface area contributed by atoms with E-state index < -0.39 is 8.07 Å². The Morgan fingerprint density at radius 3 is 1.60 bits per heavy atom. The highest BCUT2D eigenvalue weighted by atomic mass is 28.3. The van der Waals surface area contributed by atoms with Gasteiger partial charge in [-0.05, 0) is 23.3 Å². The number of hydrogen-bond donors (Lipinski definition) is 0. The number of benzene rings is 3. The first-order valence-corrected chi connectivity index (χ1v) is 13.9. The maximum Gasteiger partial charge on any atom is 0.134 e. The lowest BCUT2D eigenvalue weighted by Crippen LogP contribution is -2.33.